The van der Waals surface area contributed by atoms with E-state index in [1.54, 1.807) is 0 Å². The Labute approximate surface area is 340 Å². The van der Waals surface area contributed by atoms with Crippen molar-refractivity contribution in [3.05, 3.63) is 193 Å². The molecular weight excluding hydrogens is 717 g/mol. The van der Waals surface area contributed by atoms with E-state index in [1.807, 2.05) is 12.1 Å². The average Bonchev–Trinajstić information content (AvgIpc) is 3.91. The maximum Gasteiger partial charge on any atom is 0.136 e. The van der Waals surface area contributed by atoms with Gasteiger partial charge in [-0.05, 0) is 143 Å². The second-order valence-corrected chi connectivity index (χ2v) is 16.8. The third kappa shape index (κ3) is 4.63. The molecule has 2 heteroatoms. The molecule has 10 aromatic carbocycles. The van der Waals surface area contributed by atoms with Crippen LogP contribution in [0.1, 0.15) is 25.0 Å². The van der Waals surface area contributed by atoms with Crippen LogP contribution in [0.15, 0.2) is 191 Å². The second kappa shape index (κ2) is 11.8. The van der Waals surface area contributed by atoms with E-state index in [0.29, 0.717) is 0 Å². The van der Waals surface area contributed by atoms with Gasteiger partial charge in [-0.15, -0.1) is 0 Å². The predicted molar refractivity (Wildman–Crippen MR) is 247 cm³/mol. The molecule has 0 unspecified atom stereocenters. The standard InChI is InChI=1S/C57H36O2/c1-57(2)50-19-9-7-17-45(50)56-38(18-11-20-51(56)57)37-27-35(33-22-24-43-41-14-4-3-12-39(41)40-13-5-6-15-42(40)46(43)29-33)26-36(28-37)34-23-25-53-47(30-34)49-32-54-48(31-55(49)59-53)44-16-8-10-21-52(44)58-54/h3-32H,1-2H3. The number of furan rings is 2. The summed E-state index contributed by atoms with van der Waals surface area (Å²) in [7, 11) is 0. The Bertz CT molecular complexity index is 3730. The van der Waals surface area contributed by atoms with Gasteiger partial charge in [-0.25, -0.2) is 0 Å². The van der Waals surface area contributed by atoms with Gasteiger partial charge in [0.05, 0.1) is 0 Å². The van der Waals surface area contributed by atoms with Crippen molar-refractivity contribution in [1.82, 2.24) is 0 Å². The van der Waals surface area contributed by atoms with E-state index in [0.717, 1.165) is 55.0 Å². The molecule has 0 aliphatic heterocycles. The maximum atomic E-state index is 6.52. The summed E-state index contributed by atoms with van der Waals surface area (Å²) in [6.45, 7) is 4.71. The Hall–Kier alpha value is -7.42. The van der Waals surface area contributed by atoms with Gasteiger partial charge in [0.1, 0.15) is 22.3 Å². The molecule has 0 N–H and O–H groups in total. The topological polar surface area (TPSA) is 26.3 Å². The zero-order chi connectivity index (χ0) is 39.0. The first kappa shape index (κ1) is 32.6. The molecule has 0 atom stereocenters. The van der Waals surface area contributed by atoms with Crippen molar-refractivity contribution in [3.63, 3.8) is 0 Å². The van der Waals surface area contributed by atoms with Gasteiger partial charge in [-0.2, -0.15) is 0 Å². The molecule has 1 aliphatic rings. The SMILES string of the molecule is CC1(C)c2ccccc2-c2c(-c3cc(-c4ccc5oc6cc7c(cc6c5c4)oc4ccccc47)cc(-c4ccc5c6ccccc6c6ccccc6c5c4)c3)cccc21. The lowest BCUT2D eigenvalue weighted by molar-refractivity contribution is 0.660. The van der Waals surface area contributed by atoms with Crippen molar-refractivity contribution in [2.45, 2.75) is 19.3 Å². The van der Waals surface area contributed by atoms with E-state index in [1.165, 1.54) is 76.8 Å². The summed E-state index contributed by atoms with van der Waals surface area (Å²) in [5, 5.41) is 12.0. The Kier molecular flexibility index (Phi) is 6.54. The van der Waals surface area contributed by atoms with Crippen molar-refractivity contribution >= 4 is 76.2 Å². The molecule has 0 saturated heterocycles. The quantitative estimate of drug-likeness (QED) is 0.168. The molecule has 0 spiro atoms. The lowest BCUT2D eigenvalue weighted by atomic mass is 9.82. The fourth-order valence-corrected chi connectivity index (χ4v) is 10.4. The largest absolute Gasteiger partial charge is 0.456 e. The van der Waals surface area contributed by atoms with Crippen LogP contribution in [-0.4, -0.2) is 0 Å². The molecule has 0 fully saturated rings. The Morgan fingerprint density at radius 3 is 1.47 bits per heavy atom. The first-order chi connectivity index (χ1) is 29.0. The van der Waals surface area contributed by atoms with Crippen LogP contribution in [0, 0.1) is 0 Å². The summed E-state index contributed by atoms with van der Waals surface area (Å²) in [5.41, 5.74) is 15.9. The summed E-state index contributed by atoms with van der Waals surface area (Å²) in [4.78, 5) is 0. The van der Waals surface area contributed by atoms with Crippen molar-refractivity contribution in [2.75, 3.05) is 0 Å². The van der Waals surface area contributed by atoms with Crippen molar-refractivity contribution in [1.29, 1.82) is 0 Å². The Morgan fingerprint density at radius 2 is 0.763 bits per heavy atom. The minimum absolute atomic E-state index is 0.0941. The molecule has 0 saturated carbocycles. The summed E-state index contributed by atoms with van der Waals surface area (Å²) < 4.78 is 12.9. The third-order valence-corrected chi connectivity index (χ3v) is 13.2. The highest BCUT2D eigenvalue weighted by Crippen LogP contribution is 2.53. The summed E-state index contributed by atoms with van der Waals surface area (Å²) in [6.07, 6.45) is 0. The van der Waals surface area contributed by atoms with Gasteiger partial charge in [0, 0.05) is 27.0 Å². The molecule has 0 bridgehead atoms. The van der Waals surface area contributed by atoms with Gasteiger partial charge >= 0.3 is 0 Å². The lowest BCUT2D eigenvalue weighted by Crippen LogP contribution is -2.14. The van der Waals surface area contributed by atoms with Gasteiger partial charge in [-0.3, -0.25) is 0 Å². The van der Waals surface area contributed by atoms with Gasteiger partial charge < -0.3 is 8.83 Å². The van der Waals surface area contributed by atoms with Crippen molar-refractivity contribution in [2.24, 2.45) is 0 Å². The predicted octanol–water partition coefficient (Wildman–Crippen LogP) is 16.3. The van der Waals surface area contributed by atoms with E-state index >= 15 is 0 Å². The summed E-state index contributed by atoms with van der Waals surface area (Å²) in [5.74, 6) is 0. The zero-order valence-corrected chi connectivity index (χ0v) is 32.6. The van der Waals surface area contributed by atoms with Crippen molar-refractivity contribution < 1.29 is 8.83 Å². The van der Waals surface area contributed by atoms with Crippen LogP contribution >= 0.6 is 0 Å². The highest BCUT2D eigenvalue weighted by Gasteiger charge is 2.36. The molecule has 0 amide bonds. The minimum atomic E-state index is -0.0941. The van der Waals surface area contributed by atoms with Gasteiger partial charge in [0.15, 0.2) is 0 Å². The molecule has 12 aromatic rings. The van der Waals surface area contributed by atoms with Crippen LogP contribution in [0.3, 0.4) is 0 Å². The molecule has 276 valence electrons. The molecule has 2 aromatic heterocycles. The third-order valence-electron chi connectivity index (χ3n) is 13.2. The summed E-state index contributed by atoms with van der Waals surface area (Å²) >= 11 is 0. The number of hydrogen-bond donors (Lipinski definition) is 0. The average molecular weight is 753 g/mol. The van der Waals surface area contributed by atoms with E-state index < -0.39 is 0 Å². The minimum Gasteiger partial charge on any atom is -0.456 e. The van der Waals surface area contributed by atoms with Gasteiger partial charge in [0.25, 0.3) is 0 Å². The number of rotatable bonds is 3. The Balaban J connectivity index is 1.06. The Morgan fingerprint density at radius 1 is 0.288 bits per heavy atom. The van der Waals surface area contributed by atoms with Crippen LogP contribution in [0.5, 0.6) is 0 Å². The number of para-hydroxylation sites is 1. The molecule has 13 rings (SSSR count). The lowest BCUT2D eigenvalue weighted by Gasteiger charge is -2.21. The molecule has 0 radical (unpaired) electrons. The highest BCUT2D eigenvalue weighted by atomic mass is 16.3. The second-order valence-electron chi connectivity index (χ2n) is 16.8. The van der Waals surface area contributed by atoms with Crippen LogP contribution in [-0.2, 0) is 5.41 Å². The fourth-order valence-electron chi connectivity index (χ4n) is 10.4. The molecule has 2 nitrogen and oxygen atoms in total. The fraction of sp³-hybridized carbons (Fsp3) is 0.0526. The van der Waals surface area contributed by atoms with Crippen LogP contribution in [0.25, 0.3) is 121 Å². The number of benzene rings is 10. The van der Waals surface area contributed by atoms with Crippen LogP contribution in [0.2, 0.25) is 0 Å². The summed E-state index contributed by atoms with van der Waals surface area (Å²) in [6, 6.07) is 66.8. The van der Waals surface area contributed by atoms with E-state index in [-0.39, 0.29) is 5.41 Å². The highest BCUT2D eigenvalue weighted by molar-refractivity contribution is 6.26. The van der Waals surface area contributed by atoms with Crippen LogP contribution in [0.4, 0.5) is 0 Å². The first-order valence-corrected chi connectivity index (χ1v) is 20.5. The number of fused-ring (bicyclic) bond motifs is 15. The van der Waals surface area contributed by atoms with E-state index in [9.17, 15) is 0 Å². The molecular formula is C57H36O2. The smallest absolute Gasteiger partial charge is 0.136 e. The van der Waals surface area contributed by atoms with E-state index in [4.69, 9.17) is 8.83 Å². The molecule has 2 heterocycles. The monoisotopic (exact) mass is 752 g/mol. The molecule has 1 aliphatic carbocycles. The van der Waals surface area contributed by atoms with Crippen LogP contribution < -0.4 is 0 Å². The van der Waals surface area contributed by atoms with Crippen molar-refractivity contribution in [3.8, 4) is 44.5 Å². The number of hydrogen-bond acceptors (Lipinski definition) is 2. The molecule has 59 heavy (non-hydrogen) atoms. The normalized spacial score (nSPS) is 13.4. The van der Waals surface area contributed by atoms with E-state index in [2.05, 4.69) is 184 Å². The van der Waals surface area contributed by atoms with Gasteiger partial charge in [0.2, 0.25) is 0 Å². The zero-order valence-electron chi connectivity index (χ0n) is 32.6. The first-order valence-electron chi connectivity index (χ1n) is 20.5. The van der Waals surface area contributed by atoms with Gasteiger partial charge in [-0.1, -0.05) is 141 Å². The maximum absolute atomic E-state index is 6.52.